The maximum atomic E-state index is 12.1. The van der Waals surface area contributed by atoms with Crippen molar-refractivity contribution >= 4 is 12.1 Å². The van der Waals surface area contributed by atoms with Crippen LogP contribution in [0.1, 0.15) is 27.0 Å². The van der Waals surface area contributed by atoms with Gasteiger partial charge < -0.3 is 9.47 Å². The Balaban J connectivity index is 1.51. The molecule has 0 aliphatic rings. The highest BCUT2D eigenvalue weighted by Crippen LogP contribution is 2.15. The number of methoxy groups -OCH3 is 1. The largest absolute Gasteiger partial charge is 0.497 e. The normalized spacial score (nSPS) is 10.6. The summed E-state index contributed by atoms with van der Waals surface area (Å²) in [6, 6.07) is 22.5. The van der Waals surface area contributed by atoms with E-state index < -0.39 is 0 Å². The second kappa shape index (κ2) is 9.37. The Hall–Kier alpha value is -3.60. The highest BCUT2D eigenvalue weighted by atomic mass is 16.5. The van der Waals surface area contributed by atoms with Gasteiger partial charge in [-0.2, -0.15) is 5.10 Å². The summed E-state index contributed by atoms with van der Waals surface area (Å²) in [4.78, 5) is 12.1. The van der Waals surface area contributed by atoms with Gasteiger partial charge in [0.1, 0.15) is 18.1 Å². The monoisotopic (exact) mass is 374 g/mol. The smallest absolute Gasteiger partial charge is 0.271 e. The van der Waals surface area contributed by atoms with E-state index in [1.807, 2.05) is 36.4 Å². The van der Waals surface area contributed by atoms with Crippen LogP contribution in [0.2, 0.25) is 0 Å². The fourth-order valence-electron chi connectivity index (χ4n) is 2.56. The van der Waals surface area contributed by atoms with E-state index in [9.17, 15) is 4.79 Å². The van der Waals surface area contributed by atoms with Crippen LogP contribution in [0.15, 0.2) is 77.9 Å². The molecule has 0 heterocycles. The van der Waals surface area contributed by atoms with Gasteiger partial charge in [0.2, 0.25) is 0 Å². The number of ether oxygens (including phenoxy) is 2. The van der Waals surface area contributed by atoms with Crippen molar-refractivity contribution in [1.29, 1.82) is 0 Å². The van der Waals surface area contributed by atoms with Crippen molar-refractivity contribution in [3.05, 3.63) is 95.1 Å². The number of rotatable bonds is 7. The van der Waals surface area contributed by atoms with Crippen LogP contribution >= 0.6 is 0 Å². The maximum absolute atomic E-state index is 12.1. The first-order valence-electron chi connectivity index (χ1n) is 8.90. The van der Waals surface area contributed by atoms with Crippen LogP contribution in [-0.2, 0) is 6.61 Å². The predicted molar refractivity (Wildman–Crippen MR) is 110 cm³/mol. The number of hydrogen-bond donors (Lipinski definition) is 1. The minimum absolute atomic E-state index is 0.280. The van der Waals surface area contributed by atoms with Crippen LogP contribution in [0, 0.1) is 6.92 Å². The molecule has 0 aromatic heterocycles. The number of amides is 1. The van der Waals surface area contributed by atoms with Gasteiger partial charge in [0, 0.05) is 5.56 Å². The molecule has 0 fully saturated rings. The summed E-state index contributed by atoms with van der Waals surface area (Å²) in [5.74, 6) is 1.20. The first-order valence-corrected chi connectivity index (χ1v) is 8.90. The lowest BCUT2D eigenvalue weighted by atomic mass is 10.1. The molecule has 5 heteroatoms. The number of nitrogens with zero attached hydrogens (tertiary/aromatic N) is 1. The van der Waals surface area contributed by atoms with Crippen LogP contribution < -0.4 is 14.9 Å². The number of nitrogens with one attached hydrogen (secondary N) is 1. The molecule has 0 aliphatic carbocycles. The molecular weight excluding hydrogens is 352 g/mol. The van der Waals surface area contributed by atoms with Gasteiger partial charge in [-0.1, -0.05) is 24.3 Å². The van der Waals surface area contributed by atoms with Gasteiger partial charge in [-0.15, -0.1) is 0 Å². The van der Waals surface area contributed by atoms with Crippen LogP contribution in [0.4, 0.5) is 0 Å². The Bertz CT molecular complexity index is 948. The average Bonchev–Trinajstić information content (AvgIpc) is 2.74. The number of aryl methyl sites for hydroxylation is 1. The number of carbonyl (C=O) groups excluding carboxylic acids is 1. The zero-order valence-corrected chi connectivity index (χ0v) is 15.9. The summed E-state index contributed by atoms with van der Waals surface area (Å²) in [6.45, 7) is 2.59. The van der Waals surface area contributed by atoms with Gasteiger partial charge in [0.05, 0.1) is 13.3 Å². The SMILES string of the molecule is COc1ccc(C(=O)N/N=C/c2ccc(OCc3ccccc3C)cc2)cc1. The predicted octanol–water partition coefficient (Wildman–Crippen LogP) is 4.35. The number of hydrazone groups is 1. The molecule has 0 aliphatic heterocycles. The molecule has 1 N–H and O–H groups in total. The lowest BCUT2D eigenvalue weighted by Gasteiger charge is -2.08. The minimum Gasteiger partial charge on any atom is -0.497 e. The Morgan fingerprint density at radius 3 is 2.32 bits per heavy atom. The third-order valence-electron chi connectivity index (χ3n) is 4.27. The van der Waals surface area contributed by atoms with Crippen LogP contribution in [-0.4, -0.2) is 19.2 Å². The van der Waals surface area contributed by atoms with Crippen LogP contribution in [0.3, 0.4) is 0 Å². The lowest BCUT2D eigenvalue weighted by Crippen LogP contribution is -2.17. The van der Waals surface area contributed by atoms with E-state index in [1.165, 1.54) is 5.56 Å². The lowest BCUT2D eigenvalue weighted by molar-refractivity contribution is 0.0955. The highest BCUT2D eigenvalue weighted by molar-refractivity contribution is 5.95. The first-order chi connectivity index (χ1) is 13.7. The molecular formula is C23H22N2O3. The molecule has 28 heavy (non-hydrogen) atoms. The average molecular weight is 374 g/mol. The van der Waals surface area contributed by atoms with Crippen molar-refractivity contribution in [2.45, 2.75) is 13.5 Å². The van der Waals surface area contributed by atoms with E-state index in [-0.39, 0.29) is 5.91 Å². The molecule has 3 aromatic rings. The van der Waals surface area contributed by atoms with Crippen molar-refractivity contribution in [1.82, 2.24) is 5.43 Å². The van der Waals surface area contributed by atoms with E-state index in [1.54, 1.807) is 37.6 Å². The second-order valence-electron chi connectivity index (χ2n) is 6.21. The Morgan fingerprint density at radius 2 is 1.64 bits per heavy atom. The molecule has 3 rings (SSSR count). The van der Waals surface area contributed by atoms with E-state index in [0.29, 0.717) is 17.9 Å². The maximum Gasteiger partial charge on any atom is 0.271 e. The third-order valence-corrected chi connectivity index (χ3v) is 4.27. The molecule has 0 unspecified atom stereocenters. The van der Waals surface area contributed by atoms with E-state index in [4.69, 9.17) is 9.47 Å². The fourth-order valence-corrected chi connectivity index (χ4v) is 2.56. The number of benzene rings is 3. The van der Waals surface area contributed by atoms with Crippen molar-refractivity contribution in [3.63, 3.8) is 0 Å². The van der Waals surface area contributed by atoms with Crippen molar-refractivity contribution in [3.8, 4) is 11.5 Å². The quantitative estimate of drug-likeness (QED) is 0.494. The van der Waals surface area contributed by atoms with Gasteiger partial charge in [-0.05, 0) is 72.1 Å². The zero-order chi connectivity index (χ0) is 19.8. The van der Waals surface area contributed by atoms with Gasteiger partial charge in [-0.3, -0.25) is 4.79 Å². The van der Waals surface area contributed by atoms with E-state index >= 15 is 0 Å². The molecule has 0 atom stereocenters. The summed E-state index contributed by atoms with van der Waals surface area (Å²) in [6.07, 6.45) is 1.59. The van der Waals surface area contributed by atoms with Crippen molar-refractivity contribution in [2.24, 2.45) is 5.10 Å². The Morgan fingerprint density at radius 1 is 0.964 bits per heavy atom. The fraction of sp³-hybridized carbons (Fsp3) is 0.130. The minimum atomic E-state index is -0.280. The topological polar surface area (TPSA) is 59.9 Å². The summed E-state index contributed by atoms with van der Waals surface area (Å²) in [5.41, 5.74) is 6.25. The number of hydrogen-bond acceptors (Lipinski definition) is 4. The second-order valence-corrected chi connectivity index (χ2v) is 6.21. The summed E-state index contributed by atoms with van der Waals surface area (Å²) < 4.78 is 10.9. The van der Waals surface area contributed by atoms with Crippen molar-refractivity contribution in [2.75, 3.05) is 7.11 Å². The van der Waals surface area contributed by atoms with Crippen LogP contribution in [0.5, 0.6) is 11.5 Å². The summed E-state index contributed by atoms with van der Waals surface area (Å²) in [5, 5.41) is 4.00. The molecule has 3 aromatic carbocycles. The Kier molecular flexibility index (Phi) is 6.41. The summed E-state index contributed by atoms with van der Waals surface area (Å²) in [7, 11) is 1.58. The molecule has 0 bridgehead atoms. The Labute approximate surface area is 164 Å². The van der Waals surface area contributed by atoms with Gasteiger partial charge in [-0.25, -0.2) is 5.43 Å². The molecule has 1 amide bonds. The van der Waals surface area contributed by atoms with E-state index in [2.05, 4.69) is 29.6 Å². The molecule has 0 radical (unpaired) electrons. The standard InChI is InChI=1S/C23H22N2O3/c1-17-5-3-4-6-20(17)16-28-22-11-7-18(8-12-22)15-24-25-23(26)19-9-13-21(27-2)14-10-19/h3-15H,16H2,1-2H3,(H,25,26)/b24-15+. The molecule has 0 saturated heterocycles. The van der Waals surface area contributed by atoms with E-state index in [0.717, 1.165) is 16.9 Å². The van der Waals surface area contributed by atoms with Gasteiger partial charge in [0.15, 0.2) is 0 Å². The summed E-state index contributed by atoms with van der Waals surface area (Å²) >= 11 is 0. The van der Waals surface area contributed by atoms with Gasteiger partial charge >= 0.3 is 0 Å². The molecule has 0 saturated carbocycles. The first kappa shape index (κ1) is 19.2. The third kappa shape index (κ3) is 5.20. The van der Waals surface area contributed by atoms with Crippen LogP contribution in [0.25, 0.3) is 0 Å². The molecule has 0 spiro atoms. The van der Waals surface area contributed by atoms with Crippen molar-refractivity contribution < 1.29 is 14.3 Å². The highest BCUT2D eigenvalue weighted by Gasteiger charge is 2.04. The zero-order valence-electron chi connectivity index (χ0n) is 15.9. The number of carbonyl (C=O) groups is 1. The van der Waals surface area contributed by atoms with Gasteiger partial charge in [0.25, 0.3) is 5.91 Å². The molecule has 5 nitrogen and oxygen atoms in total. The molecule has 142 valence electrons.